The zero-order valence-corrected chi connectivity index (χ0v) is 21.5. The fourth-order valence-electron chi connectivity index (χ4n) is 4.66. The van der Waals surface area contributed by atoms with Gasteiger partial charge in [0, 0.05) is 24.6 Å². The van der Waals surface area contributed by atoms with Crippen LogP contribution >= 0.6 is 0 Å². The zero-order valence-electron chi connectivity index (χ0n) is 21.5. The highest BCUT2D eigenvalue weighted by molar-refractivity contribution is 5.96. The number of nitrogens with zero attached hydrogens (tertiary/aromatic N) is 1. The largest absolute Gasteiger partial charge is 0.447 e. The molecule has 212 valence electrons. The van der Waals surface area contributed by atoms with Gasteiger partial charge in [0.05, 0.1) is 30.2 Å². The quantitative estimate of drug-likeness (QED) is 0.300. The number of primary amides is 1. The summed E-state index contributed by atoms with van der Waals surface area (Å²) in [5.74, 6) is -2.91. The third-order valence-electron chi connectivity index (χ3n) is 6.64. The van der Waals surface area contributed by atoms with Crippen molar-refractivity contribution in [3.05, 3.63) is 95.1 Å². The second kappa shape index (κ2) is 13.4. The summed E-state index contributed by atoms with van der Waals surface area (Å²) in [5.41, 5.74) is 12.9. The Labute approximate surface area is 229 Å². The maximum atomic E-state index is 14.9. The minimum atomic E-state index is -1.19. The Bertz CT molecular complexity index is 1260. The molecule has 9 nitrogen and oxygen atoms in total. The molecule has 1 fully saturated rings. The summed E-state index contributed by atoms with van der Waals surface area (Å²) in [5, 5.41) is 5.86. The standard InChI is InChI=1S/C28H30F3N5O4/c29-18-5-1-16(2-6-18)25(17-3-7-19(30)8-4-17)26(32)27(37)36-24-14-35-13-23(31)22(24)10-9-20-11-34-12-21(40-20)15-39-28(33)38/h1-8,13-14,20-21,25-26,34H,9-12,15,32H2,(H2,33,38)(H,36,37)/t20-,21+,26?/m1/s1. The average molecular weight is 558 g/mol. The Balaban J connectivity index is 1.48. The molecule has 12 heteroatoms. The number of pyridine rings is 1. The fraction of sp³-hybridized carbons (Fsp3) is 0.321. The average Bonchev–Trinajstić information content (AvgIpc) is 2.94. The van der Waals surface area contributed by atoms with Crippen molar-refractivity contribution in [1.29, 1.82) is 0 Å². The van der Waals surface area contributed by atoms with Crippen LogP contribution in [-0.2, 0) is 20.7 Å². The van der Waals surface area contributed by atoms with Gasteiger partial charge in [-0.25, -0.2) is 18.0 Å². The maximum Gasteiger partial charge on any atom is 0.404 e. The first kappa shape index (κ1) is 29.0. The highest BCUT2D eigenvalue weighted by Crippen LogP contribution is 2.29. The summed E-state index contributed by atoms with van der Waals surface area (Å²) in [4.78, 5) is 28.1. The van der Waals surface area contributed by atoms with E-state index in [-0.39, 0.29) is 30.4 Å². The Kier molecular flexibility index (Phi) is 9.70. The number of halogens is 3. The Hall–Kier alpha value is -4.00. The number of carbonyl (C=O) groups excluding carboxylic acids is 2. The van der Waals surface area contributed by atoms with E-state index in [9.17, 15) is 22.8 Å². The summed E-state index contributed by atoms with van der Waals surface area (Å²) in [7, 11) is 0. The molecule has 0 spiro atoms. The second-order valence-corrected chi connectivity index (χ2v) is 9.45. The number of hydrogen-bond donors (Lipinski definition) is 4. The van der Waals surface area contributed by atoms with E-state index < -0.39 is 47.5 Å². The summed E-state index contributed by atoms with van der Waals surface area (Å²) >= 11 is 0. The van der Waals surface area contributed by atoms with Gasteiger partial charge in [0.15, 0.2) is 0 Å². The molecular formula is C28H30F3N5O4. The van der Waals surface area contributed by atoms with Crippen molar-refractivity contribution in [2.24, 2.45) is 11.5 Å². The van der Waals surface area contributed by atoms with E-state index in [0.29, 0.717) is 30.6 Å². The lowest BCUT2D eigenvalue weighted by molar-refractivity contribution is -0.117. The van der Waals surface area contributed by atoms with E-state index in [2.05, 4.69) is 15.6 Å². The third-order valence-corrected chi connectivity index (χ3v) is 6.64. The van der Waals surface area contributed by atoms with Crippen LogP contribution in [-0.4, -0.2) is 54.9 Å². The number of amides is 2. The first-order chi connectivity index (χ1) is 19.2. The van der Waals surface area contributed by atoms with Crippen molar-refractivity contribution >= 4 is 17.7 Å². The molecule has 2 aromatic carbocycles. The number of rotatable bonds is 10. The summed E-state index contributed by atoms with van der Waals surface area (Å²) in [6.07, 6.45) is 1.36. The van der Waals surface area contributed by atoms with Crippen LogP contribution in [0.25, 0.3) is 0 Å². The van der Waals surface area contributed by atoms with Crippen molar-refractivity contribution in [2.45, 2.75) is 37.0 Å². The van der Waals surface area contributed by atoms with Crippen LogP contribution in [0, 0.1) is 17.5 Å². The van der Waals surface area contributed by atoms with E-state index in [1.54, 1.807) is 0 Å². The lowest BCUT2D eigenvalue weighted by atomic mass is 9.85. The van der Waals surface area contributed by atoms with Crippen LogP contribution in [0.3, 0.4) is 0 Å². The predicted molar refractivity (Wildman–Crippen MR) is 141 cm³/mol. The molecule has 2 heterocycles. The molecule has 0 bridgehead atoms. The molecular weight excluding hydrogens is 527 g/mol. The second-order valence-electron chi connectivity index (χ2n) is 9.45. The van der Waals surface area contributed by atoms with Gasteiger partial charge in [-0.05, 0) is 48.2 Å². The lowest BCUT2D eigenvalue weighted by Gasteiger charge is -2.30. The molecule has 0 radical (unpaired) electrons. The van der Waals surface area contributed by atoms with Gasteiger partial charge in [0.2, 0.25) is 5.91 Å². The molecule has 3 aromatic rings. The minimum Gasteiger partial charge on any atom is -0.447 e. The first-order valence-corrected chi connectivity index (χ1v) is 12.7. The minimum absolute atomic E-state index is 0.00900. The van der Waals surface area contributed by atoms with Crippen LogP contribution in [0.4, 0.5) is 23.7 Å². The molecule has 40 heavy (non-hydrogen) atoms. The van der Waals surface area contributed by atoms with Crippen molar-refractivity contribution in [3.63, 3.8) is 0 Å². The normalized spacial score (nSPS) is 17.8. The van der Waals surface area contributed by atoms with Gasteiger partial charge >= 0.3 is 6.09 Å². The molecule has 1 unspecified atom stereocenters. The topological polar surface area (TPSA) is 142 Å². The van der Waals surface area contributed by atoms with Crippen LogP contribution < -0.4 is 22.1 Å². The van der Waals surface area contributed by atoms with E-state index in [1.165, 1.54) is 54.7 Å². The molecule has 4 rings (SSSR count). The number of nitrogens with two attached hydrogens (primary N) is 2. The maximum absolute atomic E-state index is 14.9. The molecule has 1 aliphatic rings. The zero-order chi connectivity index (χ0) is 28.6. The van der Waals surface area contributed by atoms with Gasteiger partial charge in [-0.15, -0.1) is 0 Å². The van der Waals surface area contributed by atoms with Gasteiger partial charge in [-0.2, -0.15) is 0 Å². The van der Waals surface area contributed by atoms with E-state index >= 15 is 0 Å². The molecule has 0 aliphatic carbocycles. The SMILES string of the molecule is NC(=O)OC[C@@H]1CNC[C@@H](CCc2c(F)cncc2NC(=O)C(N)C(c2ccc(F)cc2)c2ccc(F)cc2)O1. The van der Waals surface area contributed by atoms with Crippen molar-refractivity contribution < 1.29 is 32.2 Å². The lowest BCUT2D eigenvalue weighted by Crippen LogP contribution is -2.47. The Morgan fingerprint density at radius 2 is 1.60 bits per heavy atom. The number of benzene rings is 2. The van der Waals surface area contributed by atoms with Gasteiger partial charge in [-0.3, -0.25) is 9.78 Å². The molecule has 6 N–H and O–H groups in total. The molecule has 1 aromatic heterocycles. The van der Waals surface area contributed by atoms with Crippen molar-refractivity contribution in [3.8, 4) is 0 Å². The Morgan fingerprint density at radius 3 is 2.20 bits per heavy atom. The van der Waals surface area contributed by atoms with Crippen LogP contribution in [0.2, 0.25) is 0 Å². The number of hydrogen-bond acceptors (Lipinski definition) is 7. The van der Waals surface area contributed by atoms with Crippen molar-refractivity contribution in [2.75, 3.05) is 25.0 Å². The molecule has 1 aliphatic heterocycles. The number of ether oxygens (including phenoxy) is 2. The van der Waals surface area contributed by atoms with Gasteiger partial charge in [0.1, 0.15) is 30.2 Å². The summed E-state index contributed by atoms with van der Waals surface area (Å²) < 4.78 is 52.8. The predicted octanol–water partition coefficient (Wildman–Crippen LogP) is 2.98. The number of anilines is 1. The van der Waals surface area contributed by atoms with E-state index in [4.69, 9.17) is 20.9 Å². The Morgan fingerprint density at radius 1 is 1.00 bits per heavy atom. The highest BCUT2D eigenvalue weighted by Gasteiger charge is 2.29. The molecule has 3 atom stereocenters. The van der Waals surface area contributed by atoms with Gasteiger partial charge in [0.25, 0.3) is 0 Å². The van der Waals surface area contributed by atoms with Crippen LogP contribution in [0.15, 0.2) is 60.9 Å². The fourth-order valence-corrected chi connectivity index (χ4v) is 4.66. The monoisotopic (exact) mass is 557 g/mol. The number of carbonyl (C=O) groups is 2. The van der Waals surface area contributed by atoms with Crippen molar-refractivity contribution in [1.82, 2.24) is 10.3 Å². The smallest absolute Gasteiger partial charge is 0.404 e. The third kappa shape index (κ3) is 7.56. The van der Waals surface area contributed by atoms with E-state index in [1.807, 2.05) is 0 Å². The summed E-state index contributed by atoms with van der Waals surface area (Å²) in [6.45, 7) is 0.962. The first-order valence-electron chi connectivity index (χ1n) is 12.7. The number of aromatic nitrogens is 1. The summed E-state index contributed by atoms with van der Waals surface area (Å²) in [6, 6.07) is 9.82. The highest BCUT2D eigenvalue weighted by atomic mass is 19.1. The number of nitrogens with one attached hydrogen (secondary N) is 2. The van der Waals surface area contributed by atoms with Gasteiger partial charge in [-0.1, -0.05) is 24.3 Å². The van der Waals surface area contributed by atoms with E-state index in [0.717, 1.165) is 6.20 Å². The van der Waals surface area contributed by atoms with Gasteiger partial charge < -0.3 is 31.6 Å². The van der Waals surface area contributed by atoms with Crippen LogP contribution in [0.5, 0.6) is 0 Å². The molecule has 1 saturated heterocycles. The molecule has 0 saturated carbocycles. The number of morpholine rings is 1. The molecule has 2 amide bonds. The van der Waals surface area contributed by atoms with Crippen LogP contribution in [0.1, 0.15) is 29.0 Å².